The average molecular weight is 451 g/mol. The molecule has 0 bridgehead atoms. The number of hydrogen-bond donors (Lipinski definition) is 0. The van der Waals surface area contributed by atoms with Crippen molar-refractivity contribution < 1.29 is 27.2 Å². The minimum absolute atomic E-state index is 0.0608. The molecule has 1 atom stereocenters. The molecule has 4 aromatic rings. The topological polar surface area (TPSA) is 39.1 Å². The summed E-state index contributed by atoms with van der Waals surface area (Å²) in [6.07, 6.45) is 2.12. The van der Waals surface area contributed by atoms with Crippen LogP contribution in [0.4, 0.5) is 17.6 Å². The molecule has 33 heavy (non-hydrogen) atoms. The molecule has 0 aliphatic heterocycles. The van der Waals surface area contributed by atoms with E-state index in [1.807, 2.05) is 0 Å². The Labute approximate surface area is 186 Å². The highest BCUT2D eigenvalue weighted by Crippen LogP contribution is 2.28. The molecule has 0 aliphatic rings. The number of carbonyl (C=O) groups excluding carboxylic acids is 2. The minimum atomic E-state index is -1.03. The smallest absolute Gasteiger partial charge is 0.267 e. The lowest BCUT2D eigenvalue weighted by Crippen LogP contribution is -2.18. The standard InChI is InChI=1S/C26H17F4NO2/c27-20-8-4-9-21(28)19(20)14-18(16-6-2-1-3-7-16)25(32)17-12-13-31(15-17)26(33)24-22(29)10-5-11-23(24)30/h1-13,15,18H,14H2. The van der Waals surface area contributed by atoms with Crippen molar-refractivity contribution in [3.63, 3.8) is 0 Å². The van der Waals surface area contributed by atoms with Gasteiger partial charge in [-0.1, -0.05) is 42.5 Å². The number of benzene rings is 3. The van der Waals surface area contributed by atoms with Crippen LogP contribution in [0.2, 0.25) is 0 Å². The predicted molar refractivity (Wildman–Crippen MR) is 114 cm³/mol. The number of ketones is 1. The van der Waals surface area contributed by atoms with Crippen LogP contribution in [0.25, 0.3) is 0 Å². The Morgan fingerprint density at radius 2 is 1.30 bits per heavy atom. The molecular formula is C26H17F4NO2. The Morgan fingerprint density at radius 1 is 0.727 bits per heavy atom. The summed E-state index contributed by atoms with van der Waals surface area (Å²) in [4.78, 5) is 26.0. The number of Topliss-reactive ketones (excluding diaryl/α,β-unsaturated/α-hetero) is 1. The third-order valence-corrected chi connectivity index (χ3v) is 5.38. The van der Waals surface area contributed by atoms with Crippen LogP contribution in [-0.2, 0) is 6.42 Å². The highest BCUT2D eigenvalue weighted by atomic mass is 19.1. The zero-order valence-electron chi connectivity index (χ0n) is 17.1. The van der Waals surface area contributed by atoms with Crippen molar-refractivity contribution in [1.29, 1.82) is 0 Å². The van der Waals surface area contributed by atoms with Crippen molar-refractivity contribution in [3.05, 3.63) is 131 Å². The SMILES string of the molecule is O=C(c1ccn(C(=O)c2c(F)cccc2F)c1)C(Cc1c(F)cccc1F)c1ccccc1. The molecule has 0 amide bonds. The van der Waals surface area contributed by atoms with Crippen LogP contribution in [0.3, 0.4) is 0 Å². The van der Waals surface area contributed by atoms with Gasteiger partial charge in [-0.3, -0.25) is 14.2 Å². The number of rotatable bonds is 6. The molecule has 7 heteroatoms. The van der Waals surface area contributed by atoms with Gasteiger partial charge in [-0.05, 0) is 42.3 Å². The van der Waals surface area contributed by atoms with E-state index in [2.05, 4.69) is 0 Å². The minimum Gasteiger partial charge on any atom is -0.293 e. The van der Waals surface area contributed by atoms with Crippen molar-refractivity contribution in [3.8, 4) is 0 Å². The van der Waals surface area contributed by atoms with Crippen LogP contribution in [0, 0.1) is 23.3 Å². The van der Waals surface area contributed by atoms with E-state index in [0.29, 0.717) is 5.56 Å². The summed E-state index contributed by atoms with van der Waals surface area (Å²) in [5, 5.41) is 0. The van der Waals surface area contributed by atoms with Crippen molar-refractivity contribution in [2.45, 2.75) is 12.3 Å². The lowest BCUT2D eigenvalue weighted by atomic mass is 9.86. The molecule has 0 radical (unpaired) electrons. The fourth-order valence-corrected chi connectivity index (χ4v) is 3.68. The van der Waals surface area contributed by atoms with Crippen molar-refractivity contribution in [2.75, 3.05) is 0 Å². The molecule has 0 fully saturated rings. The Morgan fingerprint density at radius 3 is 1.91 bits per heavy atom. The van der Waals surface area contributed by atoms with Gasteiger partial charge in [0.2, 0.25) is 0 Å². The van der Waals surface area contributed by atoms with E-state index in [-0.39, 0.29) is 17.5 Å². The largest absolute Gasteiger partial charge is 0.293 e. The van der Waals surface area contributed by atoms with E-state index in [1.165, 1.54) is 18.3 Å². The molecule has 0 aliphatic carbocycles. The lowest BCUT2D eigenvalue weighted by Gasteiger charge is -2.17. The van der Waals surface area contributed by atoms with Crippen LogP contribution in [0.1, 0.15) is 37.8 Å². The van der Waals surface area contributed by atoms with E-state index in [0.717, 1.165) is 41.1 Å². The van der Waals surface area contributed by atoms with Crippen molar-refractivity contribution in [1.82, 2.24) is 4.57 Å². The molecule has 1 aromatic heterocycles. The maximum absolute atomic E-state index is 14.3. The molecule has 1 heterocycles. The summed E-state index contributed by atoms with van der Waals surface area (Å²) in [5.41, 5.74) is -0.390. The molecule has 0 N–H and O–H groups in total. The first-order valence-corrected chi connectivity index (χ1v) is 10.1. The molecule has 0 spiro atoms. The molecule has 1 unspecified atom stereocenters. The molecule has 166 valence electrons. The van der Waals surface area contributed by atoms with Gasteiger partial charge in [0.25, 0.3) is 5.91 Å². The first-order valence-electron chi connectivity index (χ1n) is 10.1. The lowest BCUT2D eigenvalue weighted by molar-refractivity contribution is 0.0952. The van der Waals surface area contributed by atoms with Gasteiger partial charge in [0.15, 0.2) is 5.78 Å². The number of carbonyl (C=O) groups is 2. The van der Waals surface area contributed by atoms with Gasteiger partial charge < -0.3 is 0 Å². The zero-order chi connectivity index (χ0) is 23.5. The highest BCUT2D eigenvalue weighted by Gasteiger charge is 2.27. The molecule has 0 saturated heterocycles. The molecule has 3 aromatic carbocycles. The summed E-state index contributed by atoms with van der Waals surface area (Å²) in [6.45, 7) is 0. The second kappa shape index (κ2) is 9.24. The van der Waals surface area contributed by atoms with E-state index in [1.54, 1.807) is 30.3 Å². The van der Waals surface area contributed by atoms with Gasteiger partial charge in [0.1, 0.15) is 28.8 Å². The van der Waals surface area contributed by atoms with Gasteiger partial charge >= 0.3 is 0 Å². The molecule has 4 rings (SSSR count). The maximum Gasteiger partial charge on any atom is 0.267 e. The van der Waals surface area contributed by atoms with Crippen molar-refractivity contribution in [2.24, 2.45) is 0 Å². The third kappa shape index (κ3) is 4.48. The van der Waals surface area contributed by atoms with Crippen LogP contribution in [-0.4, -0.2) is 16.3 Å². The van der Waals surface area contributed by atoms with Gasteiger partial charge in [0, 0.05) is 23.5 Å². The summed E-state index contributed by atoms with van der Waals surface area (Å²) in [6, 6.07) is 16.3. The molecular weight excluding hydrogens is 434 g/mol. The van der Waals surface area contributed by atoms with Crippen LogP contribution >= 0.6 is 0 Å². The zero-order valence-corrected chi connectivity index (χ0v) is 17.1. The van der Waals surface area contributed by atoms with E-state index < -0.39 is 46.4 Å². The fourth-order valence-electron chi connectivity index (χ4n) is 3.68. The van der Waals surface area contributed by atoms with E-state index in [9.17, 15) is 27.2 Å². The van der Waals surface area contributed by atoms with Gasteiger partial charge in [0.05, 0.1) is 5.92 Å². The summed E-state index contributed by atoms with van der Waals surface area (Å²) in [5.74, 6) is -6.03. The summed E-state index contributed by atoms with van der Waals surface area (Å²) < 4.78 is 57.5. The predicted octanol–water partition coefficient (Wildman–Crippen LogP) is 5.94. The van der Waals surface area contributed by atoms with E-state index in [4.69, 9.17) is 0 Å². The summed E-state index contributed by atoms with van der Waals surface area (Å²) in [7, 11) is 0. The fraction of sp³-hybridized carbons (Fsp3) is 0.0769. The molecule has 3 nitrogen and oxygen atoms in total. The first kappa shape index (κ1) is 22.2. The van der Waals surface area contributed by atoms with E-state index >= 15 is 0 Å². The normalized spacial score (nSPS) is 11.9. The van der Waals surface area contributed by atoms with Crippen molar-refractivity contribution >= 4 is 11.7 Å². The Kier molecular flexibility index (Phi) is 6.22. The Balaban J connectivity index is 1.69. The number of aromatic nitrogens is 1. The average Bonchev–Trinajstić information content (AvgIpc) is 3.29. The quantitative estimate of drug-likeness (QED) is 0.269. The van der Waals surface area contributed by atoms with Gasteiger partial charge in [-0.2, -0.15) is 0 Å². The maximum atomic E-state index is 14.3. The monoisotopic (exact) mass is 451 g/mol. The number of halogens is 4. The Hall–Kier alpha value is -4.00. The number of hydrogen-bond acceptors (Lipinski definition) is 2. The summed E-state index contributed by atoms with van der Waals surface area (Å²) >= 11 is 0. The van der Waals surface area contributed by atoms with Crippen LogP contribution in [0.15, 0.2) is 85.2 Å². The van der Waals surface area contributed by atoms with Crippen LogP contribution in [0.5, 0.6) is 0 Å². The van der Waals surface area contributed by atoms with Crippen LogP contribution < -0.4 is 0 Å². The van der Waals surface area contributed by atoms with Gasteiger partial charge in [-0.15, -0.1) is 0 Å². The molecule has 0 saturated carbocycles. The highest BCUT2D eigenvalue weighted by molar-refractivity contribution is 6.03. The second-order valence-electron chi connectivity index (χ2n) is 7.44. The third-order valence-electron chi connectivity index (χ3n) is 5.38. The second-order valence-corrected chi connectivity index (χ2v) is 7.44. The van der Waals surface area contributed by atoms with Gasteiger partial charge in [-0.25, -0.2) is 17.6 Å². The first-order chi connectivity index (χ1) is 15.9. The number of nitrogens with zero attached hydrogens (tertiary/aromatic N) is 1. The Bertz CT molecular complexity index is 1290.